The molecule has 222 valence electrons. The molecule has 1 aliphatic rings. The molecule has 2 aromatic heterocycles. The molecule has 0 bridgehead atoms. The number of rotatable bonds is 7. The van der Waals surface area contributed by atoms with E-state index in [2.05, 4.69) is 0 Å². The molecule has 7 nitrogen and oxygen atoms in total. The normalized spacial score (nSPS) is 14.0. The Morgan fingerprint density at radius 1 is 1.12 bits per heavy atom. The van der Waals surface area contributed by atoms with Gasteiger partial charge < -0.3 is 18.8 Å². The SMILES string of the molecule is CCOC(=O)c1c(CCCOc2cccc3cc(F)ccc23)c2ccc(Cl)c3c2n1C/C=C\COCc1nn(C)c(C)c1-3. The molecule has 43 heavy (non-hydrogen) atoms. The van der Waals surface area contributed by atoms with Crippen molar-refractivity contribution in [3.05, 3.63) is 94.2 Å². The van der Waals surface area contributed by atoms with Crippen LogP contribution in [0.1, 0.15) is 40.8 Å². The maximum atomic E-state index is 13.8. The maximum absolute atomic E-state index is 13.8. The number of ether oxygens (including phenoxy) is 3. The third-order valence-corrected chi connectivity index (χ3v) is 8.26. The molecule has 5 aromatic rings. The van der Waals surface area contributed by atoms with E-state index in [0.29, 0.717) is 55.7 Å². The number of esters is 1. The van der Waals surface area contributed by atoms with E-state index in [1.807, 2.05) is 72.6 Å². The van der Waals surface area contributed by atoms with Crippen molar-refractivity contribution in [2.45, 2.75) is 39.8 Å². The van der Waals surface area contributed by atoms with Crippen molar-refractivity contribution < 1.29 is 23.4 Å². The Balaban J connectivity index is 1.44. The van der Waals surface area contributed by atoms with E-state index in [-0.39, 0.29) is 18.4 Å². The first kappa shape index (κ1) is 29.0. The lowest BCUT2D eigenvalue weighted by Gasteiger charge is -2.13. The summed E-state index contributed by atoms with van der Waals surface area (Å²) in [7, 11) is 1.91. The van der Waals surface area contributed by atoms with Crippen molar-refractivity contribution in [2.24, 2.45) is 7.05 Å². The summed E-state index contributed by atoms with van der Waals surface area (Å²) in [6.45, 7) is 5.69. The number of halogens is 2. The number of allylic oxidation sites excluding steroid dienone is 1. The summed E-state index contributed by atoms with van der Waals surface area (Å²) >= 11 is 6.96. The molecule has 0 radical (unpaired) electrons. The number of hydrogen-bond donors (Lipinski definition) is 0. The molecule has 0 atom stereocenters. The number of nitrogens with zero attached hydrogens (tertiary/aromatic N) is 3. The lowest BCUT2D eigenvalue weighted by molar-refractivity contribution is 0.0513. The summed E-state index contributed by atoms with van der Waals surface area (Å²) in [5.41, 5.74) is 5.75. The molecule has 3 aromatic carbocycles. The zero-order chi connectivity index (χ0) is 30.1. The Bertz CT molecular complexity index is 1870. The minimum absolute atomic E-state index is 0.258. The number of aromatic nitrogens is 3. The van der Waals surface area contributed by atoms with Crippen LogP contribution in [-0.2, 0) is 36.1 Å². The monoisotopic (exact) mass is 601 g/mol. The first-order valence-electron chi connectivity index (χ1n) is 14.5. The van der Waals surface area contributed by atoms with Crippen molar-refractivity contribution >= 4 is 39.2 Å². The van der Waals surface area contributed by atoms with Crippen LogP contribution in [0.5, 0.6) is 5.75 Å². The molecule has 3 heterocycles. The van der Waals surface area contributed by atoms with Crippen molar-refractivity contribution in [1.82, 2.24) is 14.3 Å². The highest BCUT2D eigenvalue weighted by Crippen LogP contribution is 2.42. The standard InChI is InChI=1S/C34H33ClFN3O4/c1-4-42-34(40)33-25(10-8-18-43-29-11-7-9-22-19-23(36)12-13-24(22)29)26-14-15-27(35)31-30-21(2)38(3)37-28(30)20-41-17-6-5-16-39(33)32(26)31/h5-7,9,11-15,19H,4,8,10,16-18,20H2,1-3H3/b6-5-. The van der Waals surface area contributed by atoms with Crippen LogP contribution in [0.3, 0.4) is 0 Å². The number of carbonyl (C=O) groups excluding carboxylic acids is 1. The molecule has 6 rings (SSSR count). The zero-order valence-electron chi connectivity index (χ0n) is 24.5. The lowest BCUT2D eigenvalue weighted by Crippen LogP contribution is -2.14. The molecule has 0 amide bonds. The van der Waals surface area contributed by atoms with E-state index in [1.165, 1.54) is 12.1 Å². The average Bonchev–Trinajstić information content (AvgIpc) is 3.44. The first-order valence-corrected chi connectivity index (χ1v) is 14.8. The van der Waals surface area contributed by atoms with Crippen molar-refractivity contribution in [1.29, 1.82) is 0 Å². The second kappa shape index (κ2) is 12.2. The minimum atomic E-state index is -0.379. The second-order valence-corrected chi connectivity index (χ2v) is 11.0. The fourth-order valence-electron chi connectivity index (χ4n) is 5.96. The van der Waals surface area contributed by atoms with Gasteiger partial charge in [-0.15, -0.1) is 0 Å². The third kappa shape index (κ3) is 5.41. The fraction of sp³-hybridized carbons (Fsp3) is 0.294. The van der Waals surface area contributed by atoms with Crippen molar-refractivity contribution in [2.75, 3.05) is 19.8 Å². The van der Waals surface area contributed by atoms with Crippen LogP contribution in [0, 0.1) is 12.7 Å². The van der Waals surface area contributed by atoms with Crippen LogP contribution < -0.4 is 4.74 Å². The van der Waals surface area contributed by atoms with E-state index in [1.54, 1.807) is 6.07 Å². The highest BCUT2D eigenvalue weighted by atomic mass is 35.5. The molecule has 9 heteroatoms. The Morgan fingerprint density at radius 3 is 2.79 bits per heavy atom. The summed E-state index contributed by atoms with van der Waals surface area (Å²) in [6.07, 6.45) is 5.17. The lowest BCUT2D eigenvalue weighted by atomic mass is 9.98. The van der Waals surface area contributed by atoms with Crippen LogP contribution >= 0.6 is 11.6 Å². The molecular weight excluding hydrogens is 569 g/mol. The topological polar surface area (TPSA) is 67.5 Å². The molecule has 0 N–H and O–H groups in total. The Morgan fingerprint density at radius 2 is 1.95 bits per heavy atom. The summed E-state index contributed by atoms with van der Waals surface area (Å²) < 4.78 is 35.3. The first-order chi connectivity index (χ1) is 20.9. The van der Waals surface area contributed by atoms with E-state index < -0.39 is 0 Å². The maximum Gasteiger partial charge on any atom is 0.355 e. The van der Waals surface area contributed by atoms with Gasteiger partial charge in [0.2, 0.25) is 0 Å². The van der Waals surface area contributed by atoms with Gasteiger partial charge in [0.1, 0.15) is 17.3 Å². The van der Waals surface area contributed by atoms with Gasteiger partial charge in [0.05, 0.1) is 42.7 Å². The molecule has 1 aliphatic heterocycles. The minimum Gasteiger partial charge on any atom is -0.493 e. The molecular formula is C34H33ClFN3O4. The van der Waals surface area contributed by atoms with Gasteiger partial charge in [-0.05, 0) is 68.0 Å². The Labute approximate surface area is 254 Å². The Hall–Kier alpha value is -4.14. The molecule has 0 aliphatic carbocycles. The number of carbonyl (C=O) groups is 1. The number of benzene rings is 3. The molecule has 0 saturated heterocycles. The number of hydrogen-bond acceptors (Lipinski definition) is 5. The summed E-state index contributed by atoms with van der Waals surface area (Å²) in [5, 5.41) is 7.88. The van der Waals surface area contributed by atoms with Crippen molar-refractivity contribution in [3.63, 3.8) is 0 Å². The third-order valence-electron chi connectivity index (χ3n) is 7.94. The highest BCUT2D eigenvalue weighted by molar-refractivity contribution is 6.35. The van der Waals surface area contributed by atoms with Crippen molar-refractivity contribution in [3.8, 4) is 16.9 Å². The highest BCUT2D eigenvalue weighted by Gasteiger charge is 2.29. The largest absolute Gasteiger partial charge is 0.493 e. The van der Waals surface area contributed by atoms with Gasteiger partial charge in [-0.2, -0.15) is 5.10 Å². The predicted molar refractivity (Wildman–Crippen MR) is 166 cm³/mol. The van der Waals surface area contributed by atoms with Crippen LogP contribution in [-0.4, -0.2) is 40.1 Å². The molecule has 0 fully saturated rings. The van der Waals surface area contributed by atoms with E-state index in [0.717, 1.165) is 49.8 Å². The van der Waals surface area contributed by atoms with Crippen LogP contribution in [0.25, 0.3) is 32.8 Å². The summed E-state index contributed by atoms with van der Waals surface area (Å²) in [6, 6.07) is 14.2. The molecule has 0 unspecified atom stereocenters. The number of aryl methyl sites for hydroxylation is 2. The van der Waals surface area contributed by atoms with E-state index in [4.69, 9.17) is 30.9 Å². The van der Waals surface area contributed by atoms with E-state index >= 15 is 0 Å². The van der Waals surface area contributed by atoms with Gasteiger partial charge in [-0.1, -0.05) is 42.0 Å². The van der Waals surface area contributed by atoms with Gasteiger partial charge in [0, 0.05) is 41.2 Å². The van der Waals surface area contributed by atoms with E-state index in [9.17, 15) is 9.18 Å². The van der Waals surface area contributed by atoms with Crippen LogP contribution in [0.15, 0.2) is 60.7 Å². The smallest absolute Gasteiger partial charge is 0.355 e. The molecule has 0 spiro atoms. The van der Waals surface area contributed by atoms with Crippen LogP contribution in [0.4, 0.5) is 4.39 Å². The van der Waals surface area contributed by atoms with Gasteiger partial charge >= 0.3 is 5.97 Å². The summed E-state index contributed by atoms with van der Waals surface area (Å²) in [5.74, 6) is 0.0328. The predicted octanol–water partition coefficient (Wildman–Crippen LogP) is 7.57. The van der Waals surface area contributed by atoms with Gasteiger partial charge in [-0.25, -0.2) is 9.18 Å². The van der Waals surface area contributed by atoms with Crippen LogP contribution in [0.2, 0.25) is 5.02 Å². The zero-order valence-corrected chi connectivity index (χ0v) is 25.2. The number of fused-ring (bicyclic) bond motifs is 3. The fourth-order valence-corrected chi connectivity index (χ4v) is 6.20. The quantitative estimate of drug-likeness (QED) is 0.109. The second-order valence-electron chi connectivity index (χ2n) is 10.6. The Kier molecular flexibility index (Phi) is 8.23. The van der Waals surface area contributed by atoms with Gasteiger partial charge in [-0.3, -0.25) is 4.68 Å². The summed E-state index contributed by atoms with van der Waals surface area (Å²) in [4.78, 5) is 13.6. The van der Waals surface area contributed by atoms with Gasteiger partial charge in [0.25, 0.3) is 0 Å². The molecule has 0 saturated carbocycles. The average molecular weight is 602 g/mol. The van der Waals surface area contributed by atoms with Gasteiger partial charge in [0.15, 0.2) is 0 Å².